The van der Waals surface area contributed by atoms with E-state index in [9.17, 15) is 9.59 Å². The molecule has 424 valence electrons. The lowest BCUT2D eigenvalue weighted by atomic mass is 9.84. The third-order valence-corrected chi connectivity index (χ3v) is 20.8. The number of nitrogens with zero attached hydrogens (tertiary/aromatic N) is 12. The van der Waals surface area contributed by atoms with Gasteiger partial charge in [-0.05, 0) is 108 Å². The second-order valence-corrected chi connectivity index (χ2v) is 26.7. The number of pyridine rings is 1. The Labute approximate surface area is 473 Å². The van der Waals surface area contributed by atoms with Crippen molar-refractivity contribution >= 4 is 45.7 Å². The normalized spacial score (nSPS) is 29.1. The third-order valence-electron chi connectivity index (χ3n) is 19.8. The first-order valence-electron chi connectivity index (χ1n) is 29.8. The number of anilines is 1. The number of benzene rings is 1. The lowest BCUT2D eigenvalue weighted by Crippen LogP contribution is -2.70. The molecule has 10 heterocycles. The molecular formula is C60H78N14O5S. The average Bonchev–Trinajstić information content (AvgIpc) is 4.40. The molecule has 9 aliphatic rings. The summed E-state index contributed by atoms with van der Waals surface area (Å²) in [5, 5.41) is 8.95. The maximum absolute atomic E-state index is 15.6. The highest BCUT2D eigenvalue weighted by atomic mass is 32.1. The van der Waals surface area contributed by atoms with Crippen molar-refractivity contribution < 1.29 is 23.9 Å². The fraction of sp³-hybridized carbons (Fsp3) is 0.633. The maximum Gasteiger partial charge on any atom is 0.324 e. The minimum Gasteiger partial charge on any atom is -0.464 e. The number of carbonyl (C=O) groups is 3. The monoisotopic (exact) mass is 1110 g/mol. The Hall–Kier alpha value is -5.48. The Balaban J connectivity index is 0.910. The van der Waals surface area contributed by atoms with Gasteiger partial charge in [0.15, 0.2) is 0 Å². The van der Waals surface area contributed by atoms with Crippen LogP contribution in [0.1, 0.15) is 125 Å². The molecule has 20 heteroatoms. The molecule has 19 nitrogen and oxygen atoms in total. The summed E-state index contributed by atoms with van der Waals surface area (Å²) in [5.41, 5.74) is 11.2. The fourth-order valence-corrected chi connectivity index (χ4v) is 15.7. The Bertz CT molecular complexity index is 3180. The summed E-state index contributed by atoms with van der Waals surface area (Å²) in [6, 6.07) is 8.49. The Morgan fingerprint density at radius 1 is 0.912 bits per heavy atom. The summed E-state index contributed by atoms with van der Waals surface area (Å²) in [5.74, 6) is -1.02. The summed E-state index contributed by atoms with van der Waals surface area (Å²) in [6.07, 6.45) is 13.7. The van der Waals surface area contributed by atoms with Gasteiger partial charge < -0.3 is 24.3 Å². The number of methoxy groups -OCH3 is 1. The zero-order valence-corrected chi connectivity index (χ0v) is 48.2. The van der Waals surface area contributed by atoms with Crippen LogP contribution in [0.25, 0.3) is 33.4 Å². The zero-order valence-electron chi connectivity index (χ0n) is 47.4. The molecule has 1 spiro atoms. The van der Waals surface area contributed by atoms with Crippen LogP contribution in [0.2, 0.25) is 0 Å². The van der Waals surface area contributed by atoms with E-state index in [0.717, 1.165) is 128 Å². The second kappa shape index (κ2) is 20.4. The van der Waals surface area contributed by atoms with E-state index in [1.807, 2.05) is 6.92 Å². The predicted molar refractivity (Wildman–Crippen MR) is 305 cm³/mol. The van der Waals surface area contributed by atoms with Crippen LogP contribution in [0, 0.1) is 17.3 Å². The molecule has 5 aromatic rings. The van der Waals surface area contributed by atoms with Gasteiger partial charge in [-0.1, -0.05) is 26.8 Å². The van der Waals surface area contributed by atoms with Crippen molar-refractivity contribution in [2.45, 2.75) is 139 Å². The standard InChI is InChI=1S/C60H78N14O5S/c1-35-48(54-63-33-61-34-64-54)49(35)55(75)66-51-53(72-30-60(31-72)16-8-17-68(60)5)56-65-46(29-80-56)37-10-15-47-42(23-37)44(25-59(3,4)32-79-58(77)45-9-7-18-73(67-45)57(51)76)52(74(47)41-27-71(28-41)39-13-14-39)43-24-40(26-62-50(43)36(2)78-6)70-21-19-69(20-22-70)38-11-12-38/h10,15,23-24,26,29,33-36,38-39,41,45,48-49,51,53,67H,7-9,11-14,16-22,25,27-28,30-32H2,1-6H3,(H,66,75)/t35-,36-,45-,48+,49+,51-,53-/m0/s1. The number of fused-ring (bicyclic) bond motifs is 6. The molecule has 3 saturated carbocycles. The van der Waals surface area contributed by atoms with Crippen molar-refractivity contribution in [3.8, 4) is 22.5 Å². The van der Waals surface area contributed by atoms with Gasteiger partial charge in [0, 0.05) is 122 Å². The van der Waals surface area contributed by atoms with E-state index in [1.54, 1.807) is 23.5 Å². The number of cyclic esters (lactones) is 1. The molecular weight excluding hydrogens is 1030 g/mol. The first-order valence-corrected chi connectivity index (χ1v) is 30.6. The summed E-state index contributed by atoms with van der Waals surface area (Å²) in [4.78, 5) is 81.4. The van der Waals surface area contributed by atoms with Crippen molar-refractivity contribution in [1.29, 1.82) is 0 Å². The number of ether oxygens (including phenoxy) is 2. The number of likely N-dealkylation sites (N-methyl/N-ethyl adjacent to an activating group) is 1. The average molecular weight is 1110 g/mol. The Morgan fingerprint density at radius 2 is 1.68 bits per heavy atom. The fourth-order valence-electron chi connectivity index (χ4n) is 14.7. The first kappa shape index (κ1) is 52.6. The number of piperazine rings is 1. The van der Waals surface area contributed by atoms with E-state index in [0.29, 0.717) is 37.7 Å². The van der Waals surface area contributed by atoms with Crippen LogP contribution in [-0.2, 0) is 30.3 Å². The van der Waals surface area contributed by atoms with Crippen LogP contribution in [0.5, 0.6) is 0 Å². The number of hydrogen-bond donors (Lipinski definition) is 2. The van der Waals surface area contributed by atoms with Crippen LogP contribution in [0.15, 0.2) is 48.5 Å². The number of rotatable bonds is 11. The van der Waals surface area contributed by atoms with Gasteiger partial charge in [-0.15, -0.1) is 11.3 Å². The van der Waals surface area contributed by atoms with E-state index in [1.165, 1.54) is 43.9 Å². The highest BCUT2D eigenvalue weighted by Gasteiger charge is 2.58. The third kappa shape index (κ3) is 9.51. The predicted octanol–water partition coefficient (Wildman–Crippen LogP) is 6.00. The number of likely N-dealkylation sites (tertiary alicyclic amines) is 3. The smallest absolute Gasteiger partial charge is 0.324 e. The van der Waals surface area contributed by atoms with Crippen molar-refractivity contribution in [3.05, 3.63) is 70.6 Å². The Kier molecular flexibility index (Phi) is 13.4. The quantitative estimate of drug-likeness (QED) is 0.147. The summed E-state index contributed by atoms with van der Waals surface area (Å²) in [6.45, 7) is 17.5. The molecule has 2 N–H and O–H groups in total. The zero-order chi connectivity index (χ0) is 54.8. The largest absolute Gasteiger partial charge is 0.464 e. The molecule has 14 rings (SSSR count). The van der Waals surface area contributed by atoms with Gasteiger partial charge in [-0.25, -0.2) is 25.4 Å². The summed E-state index contributed by atoms with van der Waals surface area (Å²) >= 11 is 1.55. The number of hydrazine groups is 1. The van der Waals surface area contributed by atoms with E-state index in [-0.39, 0.29) is 47.9 Å². The van der Waals surface area contributed by atoms with Gasteiger partial charge in [0.1, 0.15) is 35.6 Å². The lowest BCUT2D eigenvalue weighted by molar-refractivity contribution is -0.156. The van der Waals surface area contributed by atoms with E-state index in [4.69, 9.17) is 19.4 Å². The van der Waals surface area contributed by atoms with Gasteiger partial charge in [-0.3, -0.25) is 44.0 Å². The number of aromatic nitrogens is 6. The van der Waals surface area contributed by atoms with E-state index < -0.39 is 35.4 Å². The number of esters is 1. The number of hydrogen-bond acceptors (Lipinski definition) is 17. The summed E-state index contributed by atoms with van der Waals surface area (Å²) in [7, 11) is 3.97. The maximum atomic E-state index is 15.6. The van der Waals surface area contributed by atoms with Crippen LogP contribution in [-0.4, -0.2) is 188 Å². The molecule has 0 radical (unpaired) electrons. The number of carbonyl (C=O) groups excluding carboxylic acids is 3. The van der Waals surface area contributed by atoms with Crippen molar-refractivity contribution in [2.75, 3.05) is 91.1 Å². The minimum atomic E-state index is -1.03. The first-order chi connectivity index (χ1) is 38.7. The second-order valence-electron chi connectivity index (χ2n) is 25.9. The molecule has 6 bridgehead atoms. The van der Waals surface area contributed by atoms with Crippen LogP contribution in [0.4, 0.5) is 5.69 Å². The number of amides is 2. The van der Waals surface area contributed by atoms with Gasteiger partial charge in [0.2, 0.25) is 5.91 Å². The van der Waals surface area contributed by atoms with Gasteiger partial charge >= 0.3 is 5.97 Å². The minimum absolute atomic E-state index is 0.0199. The van der Waals surface area contributed by atoms with Crippen LogP contribution in [0.3, 0.4) is 0 Å². The van der Waals surface area contributed by atoms with Crippen molar-refractivity contribution in [1.82, 2.24) is 64.8 Å². The highest BCUT2D eigenvalue weighted by Crippen LogP contribution is 2.53. The molecule has 5 saturated heterocycles. The number of thiazole rings is 1. The van der Waals surface area contributed by atoms with E-state index >= 15 is 4.79 Å². The van der Waals surface area contributed by atoms with Crippen molar-refractivity contribution in [3.63, 3.8) is 0 Å². The number of nitrogens with one attached hydrogen (secondary N) is 2. The van der Waals surface area contributed by atoms with Gasteiger partial charge in [0.25, 0.3) is 5.91 Å². The molecule has 0 unspecified atom stereocenters. The molecule has 4 aromatic heterocycles. The molecule has 2 amide bonds. The van der Waals surface area contributed by atoms with Gasteiger partial charge in [-0.2, -0.15) is 0 Å². The molecule has 3 aliphatic carbocycles. The topological polar surface area (TPSA) is 183 Å². The van der Waals surface area contributed by atoms with Crippen molar-refractivity contribution in [2.24, 2.45) is 17.3 Å². The van der Waals surface area contributed by atoms with Gasteiger partial charge in [0.05, 0.1) is 59.7 Å². The van der Waals surface area contributed by atoms with Crippen LogP contribution < -0.4 is 15.6 Å². The van der Waals surface area contributed by atoms with Crippen LogP contribution >= 0.6 is 11.3 Å². The molecule has 1 aromatic carbocycles. The molecule has 6 aliphatic heterocycles. The molecule has 7 atom stereocenters. The van der Waals surface area contributed by atoms with E-state index in [2.05, 4.69) is 118 Å². The Morgan fingerprint density at radius 3 is 2.40 bits per heavy atom. The lowest BCUT2D eigenvalue weighted by Gasteiger charge is -2.55. The molecule has 80 heavy (non-hydrogen) atoms. The molecule has 8 fully saturated rings. The SMILES string of the molecule is CO[C@@H](C)c1ncc(N2CCN(C3CC3)CC2)cc1-c1c2c3cc(ccc3n1C1CN(C3CC3)C1)-c1csc(n1)[C@@H](N1CC3(CCCN3C)C1)[C@H](NC(=O)[C@@H]1[C@@H](C)[C@H]1c1ncncn1)C(=O)N1CCC[C@H](N1)C(=O)OCC(C)(C)C2. The summed E-state index contributed by atoms with van der Waals surface area (Å²) < 4.78 is 15.2. The highest BCUT2D eigenvalue weighted by molar-refractivity contribution is 7.10.